The summed E-state index contributed by atoms with van der Waals surface area (Å²) in [5.74, 6) is 0.520. The van der Waals surface area contributed by atoms with E-state index in [1.54, 1.807) is 26.1 Å². The van der Waals surface area contributed by atoms with Crippen molar-refractivity contribution in [3.63, 3.8) is 0 Å². The van der Waals surface area contributed by atoms with E-state index in [1.165, 1.54) is 17.0 Å². The lowest BCUT2D eigenvalue weighted by Crippen LogP contribution is -2.25. The minimum absolute atomic E-state index is 0.205. The van der Waals surface area contributed by atoms with Gasteiger partial charge in [0.05, 0.1) is 5.56 Å². The van der Waals surface area contributed by atoms with Crippen molar-refractivity contribution in [2.24, 2.45) is 0 Å². The predicted molar refractivity (Wildman–Crippen MR) is 70.7 cm³/mol. The standard InChI is InChI=1S/C15H14F3NO2/c1-10-3-8-13(21-10)14(20)19(2)9-11-4-6-12(7-5-11)15(16,17)18/h3-8H,9H2,1-2H3. The van der Waals surface area contributed by atoms with Crippen LogP contribution in [0.1, 0.15) is 27.4 Å². The number of nitrogens with zero attached hydrogens (tertiary/aromatic N) is 1. The van der Waals surface area contributed by atoms with Gasteiger partial charge in [0.25, 0.3) is 5.91 Å². The molecule has 3 nitrogen and oxygen atoms in total. The van der Waals surface area contributed by atoms with Gasteiger partial charge >= 0.3 is 6.18 Å². The van der Waals surface area contributed by atoms with Crippen molar-refractivity contribution >= 4 is 5.91 Å². The molecule has 0 atom stereocenters. The van der Waals surface area contributed by atoms with Crippen molar-refractivity contribution in [2.75, 3.05) is 7.05 Å². The molecule has 1 heterocycles. The Labute approximate surface area is 120 Å². The van der Waals surface area contributed by atoms with Gasteiger partial charge < -0.3 is 9.32 Å². The van der Waals surface area contributed by atoms with E-state index in [1.807, 2.05) is 0 Å². The van der Waals surface area contributed by atoms with Crippen LogP contribution in [-0.4, -0.2) is 17.9 Å². The fourth-order valence-electron chi connectivity index (χ4n) is 1.88. The van der Waals surface area contributed by atoms with Crippen molar-refractivity contribution in [2.45, 2.75) is 19.6 Å². The van der Waals surface area contributed by atoms with Crippen LogP contribution in [0.2, 0.25) is 0 Å². The highest BCUT2D eigenvalue weighted by atomic mass is 19.4. The normalized spacial score (nSPS) is 11.5. The maximum atomic E-state index is 12.5. The van der Waals surface area contributed by atoms with Crippen molar-refractivity contribution < 1.29 is 22.4 Å². The van der Waals surface area contributed by atoms with Crippen LogP contribution < -0.4 is 0 Å². The molecule has 2 aromatic rings. The van der Waals surface area contributed by atoms with Gasteiger partial charge in [-0.05, 0) is 36.8 Å². The van der Waals surface area contributed by atoms with E-state index in [0.29, 0.717) is 11.3 Å². The molecule has 6 heteroatoms. The topological polar surface area (TPSA) is 33.5 Å². The molecule has 0 saturated carbocycles. The SMILES string of the molecule is Cc1ccc(C(=O)N(C)Cc2ccc(C(F)(F)F)cc2)o1. The molecule has 0 spiro atoms. The molecule has 0 aliphatic heterocycles. The number of aryl methyl sites for hydroxylation is 1. The first-order chi connectivity index (χ1) is 9.77. The Morgan fingerprint density at radius 3 is 2.24 bits per heavy atom. The zero-order chi connectivity index (χ0) is 15.6. The third-order valence-corrected chi connectivity index (χ3v) is 3.00. The summed E-state index contributed by atoms with van der Waals surface area (Å²) in [6.07, 6.45) is -4.36. The van der Waals surface area contributed by atoms with E-state index < -0.39 is 11.7 Å². The highest BCUT2D eigenvalue weighted by molar-refractivity contribution is 5.91. The van der Waals surface area contributed by atoms with Gasteiger partial charge in [-0.1, -0.05) is 12.1 Å². The minimum Gasteiger partial charge on any atom is -0.456 e. The quantitative estimate of drug-likeness (QED) is 0.861. The Balaban J connectivity index is 2.06. The van der Waals surface area contributed by atoms with Gasteiger partial charge in [0, 0.05) is 13.6 Å². The van der Waals surface area contributed by atoms with Crippen molar-refractivity contribution in [1.82, 2.24) is 4.90 Å². The van der Waals surface area contributed by atoms with E-state index >= 15 is 0 Å². The van der Waals surface area contributed by atoms with E-state index in [4.69, 9.17) is 4.42 Å². The molecule has 0 unspecified atom stereocenters. The highest BCUT2D eigenvalue weighted by Gasteiger charge is 2.30. The first kappa shape index (κ1) is 15.2. The second-order valence-corrected chi connectivity index (χ2v) is 4.77. The molecular weight excluding hydrogens is 283 g/mol. The van der Waals surface area contributed by atoms with E-state index in [9.17, 15) is 18.0 Å². The Kier molecular flexibility index (Phi) is 4.06. The molecular formula is C15H14F3NO2. The number of amides is 1. The monoisotopic (exact) mass is 297 g/mol. The fourth-order valence-corrected chi connectivity index (χ4v) is 1.88. The van der Waals surface area contributed by atoms with Gasteiger partial charge in [0.15, 0.2) is 5.76 Å². The molecule has 0 saturated heterocycles. The Morgan fingerprint density at radius 2 is 1.76 bits per heavy atom. The molecule has 1 aromatic carbocycles. The Bertz CT molecular complexity index is 629. The fraction of sp³-hybridized carbons (Fsp3) is 0.267. The van der Waals surface area contributed by atoms with E-state index in [2.05, 4.69) is 0 Å². The second-order valence-electron chi connectivity index (χ2n) is 4.77. The van der Waals surface area contributed by atoms with Crippen LogP contribution >= 0.6 is 0 Å². The molecule has 1 aromatic heterocycles. The molecule has 2 rings (SSSR count). The van der Waals surface area contributed by atoms with Crippen LogP contribution in [-0.2, 0) is 12.7 Å². The van der Waals surface area contributed by atoms with Crippen molar-refractivity contribution in [3.8, 4) is 0 Å². The number of carbonyl (C=O) groups is 1. The predicted octanol–water partition coefficient (Wildman–Crippen LogP) is 3.88. The van der Waals surface area contributed by atoms with Crippen molar-refractivity contribution in [1.29, 1.82) is 0 Å². The van der Waals surface area contributed by atoms with Gasteiger partial charge in [-0.2, -0.15) is 13.2 Å². The van der Waals surface area contributed by atoms with Gasteiger partial charge in [0.1, 0.15) is 5.76 Å². The van der Waals surface area contributed by atoms with Crippen LogP contribution in [0.5, 0.6) is 0 Å². The average Bonchev–Trinajstić information content (AvgIpc) is 2.84. The van der Waals surface area contributed by atoms with E-state index in [-0.39, 0.29) is 18.2 Å². The summed E-state index contributed by atoms with van der Waals surface area (Å²) in [6, 6.07) is 7.98. The number of hydrogen-bond donors (Lipinski definition) is 0. The zero-order valence-electron chi connectivity index (χ0n) is 11.6. The maximum Gasteiger partial charge on any atom is 0.416 e. The molecule has 0 aliphatic rings. The minimum atomic E-state index is -4.36. The largest absolute Gasteiger partial charge is 0.456 e. The van der Waals surface area contributed by atoms with Crippen molar-refractivity contribution in [3.05, 3.63) is 59.0 Å². The maximum absolute atomic E-state index is 12.5. The van der Waals surface area contributed by atoms with Gasteiger partial charge in [-0.15, -0.1) is 0 Å². The van der Waals surface area contributed by atoms with E-state index in [0.717, 1.165) is 12.1 Å². The number of benzene rings is 1. The molecule has 21 heavy (non-hydrogen) atoms. The number of halogens is 3. The summed E-state index contributed by atoms with van der Waals surface area (Å²) >= 11 is 0. The van der Waals surface area contributed by atoms with Crippen LogP contribution in [0.15, 0.2) is 40.8 Å². The lowest BCUT2D eigenvalue weighted by molar-refractivity contribution is -0.137. The molecule has 0 fully saturated rings. The lowest BCUT2D eigenvalue weighted by atomic mass is 10.1. The number of rotatable bonds is 3. The second kappa shape index (κ2) is 5.63. The summed E-state index contributed by atoms with van der Waals surface area (Å²) in [7, 11) is 1.57. The molecule has 0 bridgehead atoms. The summed E-state index contributed by atoms with van der Waals surface area (Å²) in [5, 5.41) is 0. The molecule has 1 amide bonds. The number of carbonyl (C=O) groups excluding carboxylic acids is 1. The van der Waals surface area contributed by atoms with Gasteiger partial charge in [-0.3, -0.25) is 4.79 Å². The average molecular weight is 297 g/mol. The smallest absolute Gasteiger partial charge is 0.416 e. The summed E-state index contributed by atoms with van der Waals surface area (Å²) < 4.78 is 42.6. The first-order valence-corrected chi connectivity index (χ1v) is 6.25. The first-order valence-electron chi connectivity index (χ1n) is 6.25. The van der Waals surface area contributed by atoms with Crippen LogP contribution in [0.25, 0.3) is 0 Å². The third kappa shape index (κ3) is 3.65. The summed E-state index contributed by atoms with van der Waals surface area (Å²) in [4.78, 5) is 13.4. The zero-order valence-corrected chi connectivity index (χ0v) is 11.6. The van der Waals surface area contributed by atoms with Crippen LogP contribution in [0.3, 0.4) is 0 Å². The third-order valence-electron chi connectivity index (χ3n) is 3.00. The highest BCUT2D eigenvalue weighted by Crippen LogP contribution is 2.29. The molecule has 0 N–H and O–H groups in total. The molecule has 0 radical (unpaired) electrons. The van der Waals surface area contributed by atoms with Crippen LogP contribution in [0.4, 0.5) is 13.2 Å². The lowest BCUT2D eigenvalue weighted by Gasteiger charge is -2.16. The summed E-state index contributed by atoms with van der Waals surface area (Å²) in [6.45, 7) is 1.93. The Hall–Kier alpha value is -2.24. The number of hydrogen-bond acceptors (Lipinski definition) is 2. The summed E-state index contributed by atoms with van der Waals surface area (Å²) in [5.41, 5.74) is -0.0935. The molecule has 0 aliphatic carbocycles. The number of furan rings is 1. The Morgan fingerprint density at radius 1 is 1.14 bits per heavy atom. The van der Waals surface area contributed by atoms with Gasteiger partial charge in [-0.25, -0.2) is 0 Å². The van der Waals surface area contributed by atoms with Crippen LogP contribution in [0, 0.1) is 6.92 Å². The van der Waals surface area contributed by atoms with Gasteiger partial charge in [0.2, 0.25) is 0 Å². The number of alkyl halides is 3. The molecule has 112 valence electrons.